The number of aromatic nitrogens is 4. The SMILES string of the molecule is CC(C)c1nc(-c2ccc(N3CCN(C(=O)c4cncc(Br)c4)CC3)nc2)no1. The van der Waals surface area contributed by atoms with Gasteiger partial charge in [-0.05, 0) is 34.1 Å². The minimum Gasteiger partial charge on any atom is -0.353 e. The van der Waals surface area contributed by atoms with Gasteiger partial charge < -0.3 is 14.3 Å². The molecule has 4 rings (SSSR count). The lowest BCUT2D eigenvalue weighted by Gasteiger charge is -2.35. The van der Waals surface area contributed by atoms with Gasteiger partial charge in [0.25, 0.3) is 5.91 Å². The molecule has 29 heavy (non-hydrogen) atoms. The number of pyridine rings is 2. The predicted molar refractivity (Wildman–Crippen MR) is 112 cm³/mol. The Kier molecular flexibility index (Phi) is 5.57. The van der Waals surface area contributed by atoms with Crippen LogP contribution in [-0.2, 0) is 0 Å². The van der Waals surface area contributed by atoms with E-state index in [1.54, 1.807) is 24.7 Å². The van der Waals surface area contributed by atoms with Crippen molar-refractivity contribution < 1.29 is 9.32 Å². The van der Waals surface area contributed by atoms with Crippen LogP contribution in [0, 0.1) is 0 Å². The molecule has 4 heterocycles. The van der Waals surface area contributed by atoms with Crippen molar-refractivity contribution in [1.82, 2.24) is 25.0 Å². The minimum absolute atomic E-state index is 0.000166. The summed E-state index contributed by atoms with van der Waals surface area (Å²) < 4.78 is 6.06. The van der Waals surface area contributed by atoms with Crippen molar-refractivity contribution in [3.63, 3.8) is 0 Å². The van der Waals surface area contributed by atoms with Gasteiger partial charge in [0.15, 0.2) is 0 Å². The average Bonchev–Trinajstić information content (AvgIpc) is 3.24. The van der Waals surface area contributed by atoms with Crippen LogP contribution in [-0.4, -0.2) is 57.1 Å². The highest BCUT2D eigenvalue weighted by Gasteiger charge is 2.23. The first kappa shape index (κ1) is 19.5. The second-order valence-corrected chi connectivity index (χ2v) is 8.10. The fraction of sp³-hybridized carbons (Fsp3) is 0.350. The second-order valence-electron chi connectivity index (χ2n) is 7.19. The smallest absolute Gasteiger partial charge is 0.255 e. The number of nitrogens with zero attached hydrogens (tertiary/aromatic N) is 6. The summed E-state index contributed by atoms with van der Waals surface area (Å²) in [4.78, 5) is 29.7. The molecule has 0 bridgehead atoms. The van der Waals surface area contributed by atoms with Gasteiger partial charge in [-0.15, -0.1) is 0 Å². The normalized spacial score (nSPS) is 14.5. The molecule has 1 saturated heterocycles. The number of rotatable bonds is 4. The van der Waals surface area contributed by atoms with Crippen LogP contribution in [0.15, 0.2) is 45.8 Å². The van der Waals surface area contributed by atoms with Crippen molar-refractivity contribution in [1.29, 1.82) is 0 Å². The Balaban J connectivity index is 1.39. The van der Waals surface area contributed by atoms with Gasteiger partial charge in [-0.2, -0.15) is 4.98 Å². The monoisotopic (exact) mass is 456 g/mol. The lowest BCUT2D eigenvalue weighted by Crippen LogP contribution is -2.49. The van der Waals surface area contributed by atoms with Crippen LogP contribution in [0.3, 0.4) is 0 Å². The fourth-order valence-corrected chi connectivity index (χ4v) is 3.51. The Labute approximate surface area is 177 Å². The third-order valence-electron chi connectivity index (χ3n) is 4.78. The van der Waals surface area contributed by atoms with E-state index in [2.05, 4.69) is 40.9 Å². The Bertz CT molecular complexity index is 996. The third-order valence-corrected chi connectivity index (χ3v) is 5.22. The van der Waals surface area contributed by atoms with Gasteiger partial charge in [0.2, 0.25) is 11.7 Å². The summed E-state index contributed by atoms with van der Waals surface area (Å²) in [5.41, 5.74) is 1.41. The molecule has 0 spiro atoms. The molecule has 0 aliphatic carbocycles. The largest absolute Gasteiger partial charge is 0.353 e. The number of hydrogen-bond donors (Lipinski definition) is 0. The molecule has 1 fully saturated rings. The lowest BCUT2D eigenvalue weighted by atomic mass is 10.2. The van der Waals surface area contributed by atoms with E-state index in [0.29, 0.717) is 30.4 Å². The van der Waals surface area contributed by atoms with Crippen molar-refractivity contribution in [2.24, 2.45) is 0 Å². The number of hydrogen-bond acceptors (Lipinski definition) is 7. The third kappa shape index (κ3) is 4.29. The molecule has 3 aromatic heterocycles. The van der Waals surface area contributed by atoms with Crippen molar-refractivity contribution in [2.75, 3.05) is 31.1 Å². The van der Waals surface area contributed by atoms with Crippen LogP contribution >= 0.6 is 15.9 Å². The van der Waals surface area contributed by atoms with Crippen LogP contribution in [0.4, 0.5) is 5.82 Å². The fourth-order valence-electron chi connectivity index (χ4n) is 3.14. The first-order valence-corrected chi connectivity index (χ1v) is 10.3. The first-order chi connectivity index (χ1) is 14.0. The molecule has 3 aromatic rings. The number of amides is 1. The highest BCUT2D eigenvalue weighted by Crippen LogP contribution is 2.22. The molecule has 1 aliphatic rings. The van der Waals surface area contributed by atoms with Gasteiger partial charge in [-0.3, -0.25) is 9.78 Å². The maximum absolute atomic E-state index is 12.7. The van der Waals surface area contributed by atoms with E-state index in [0.717, 1.165) is 28.9 Å². The van der Waals surface area contributed by atoms with E-state index in [-0.39, 0.29) is 11.8 Å². The van der Waals surface area contributed by atoms with Crippen LogP contribution in [0.1, 0.15) is 36.0 Å². The lowest BCUT2D eigenvalue weighted by molar-refractivity contribution is 0.0746. The molecule has 9 heteroatoms. The van der Waals surface area contributed by atoms with E-state index in [1.165, 1.54) is 0 Å². The molecule has 1 aliphatic heterocycles. The zero-order valence-corrected chi connectivity index (χ0v) is 17.8. The second kappa shape index (κ2) is 8.28. The Hall–Kier alpha value is -2.81. The highest BCUT2D eigenvalue weighted by atomic mass is 79.9. The number of anilines is 1. The van der Waals surface area contributed by atoms with Crippen LogP contribution in [0.5, 0.6) is 0 Å². The van der Waals surface area contributed by atoms with Gasteiger partial charge >= 0.3 is 0 Å². The van der Waals surface area contributed by atoms with Gasteiger partial charge in [-0.25, -0.2) is 4.98 Å². The average molecular weight is 457 g/mol. The van der Waals surface area contributed by atoms with E-state index in [9.17, 15) is 4.79 Å². The first-order valence-electron chi connectivity index (χ1n) is 9.46. The van der Waals surface area contributed by atoms with Crippen molar-refractivity contribution in [3.05, 3.63) is 52.7 Å². The van der Waals surface area contributed by atoms with E-state index in [4.69, 9.17) is 4.52 Å². The zero-order valence-electron chi connectivity index (χ0n) is 16.2. The van der Waals surface area contributed by atoms with Gasteiger partial charge in [-0.1, -0.05) is 19.0 Å². The number of piperazine rings is 1. The molecule has 0 radical (unpaired) electrons. The standard InChI is InChI=1S/C20H21BrN6O2/c1-13(2)19-24-18(25-29-19)14-3-4-17(23-11-14)26-5-7-27(8-6-26)20(28)15-9-16(21)12-22-10-15/h3-4,9-13H,5-8H2,1-2H3. The Morgan fingerprint density at radius 2 is 1.93 bits per heavy atom. The Morgan fingerprint density at radius 3 is 2.55 bits per heavy atom. The Morgan fingerprint density at radius 1 is 1.14 bits per heavy atom. The summed E-state index contributed by atoms with van der Waals surface area (Å²) in [6.45, 7) is 6.74. The number of carbonyl (C=O) groups excluding carboxylic acids is 1. The van der Waals surface area contributed by atoms with Gasteiger partial charge in [0.1, 0.15) is 5.82 Å². The van der Waals surface area contributed by atoms with E-state index >= 15 is 0 Å². The molecule has 150 valence electrons. The van der Waals surface area contributed by atoms with E-state index < -0.39 is 0 Å². The molecular formula is C20H21BrN6O2. The van der Waals surface area contributed by atoms with Crippen LogP contribution in [0.2, 0.25) is 0 Å². The topological polar surface area (TPSA) is 88.3 Å². The van der Waals surface area contributed by atoms with E-state index in [1.807, 2.05) is 30.9 Å². The summed E-state index contributed by atoms with van der Waals surface area (Å²) in [5, 5.41) is 4.02. The zero-order chi connectivity index (χ0) is 20.4. The summed E-state index contributed by atoms with van der Waals surface area (Å²) in [5.74, 6) is 2.23. The van der Waals surface area contributed by atoms with Crippen molar-refractivity contribution >= 4 is 27.7 Å². The molecular weight excluding hydrogens is 436 g/mol. The maximum Gasteiger partial charge on any atom is 0.255 e. The molecule has 0 atom stereocenters. The van der Waals surface area contributed by atoms with Crippen molar-refractivity contribution in [3.8, 4) is 11.4 Å². The summed E-state index contributed by atoms with van der Waals surface area (Å²) in [7, 11) is 0. The van der Waals surface area contributed by atoms with Gasteiger partial charge in [0.05, 0.1) is 5.56 Å². The molecule has 0 aromatic carbocycles. The predicted octanol–water partition coefficient (Wildman–Crippen LogP) is 3.37. The highest BCUT2D eigenvalue weighted by molar-refractivity contribution is 9.10. The molecule has 0 saturated carbocycles. The maximum atomic E-state index is 12.7. The molecule has 0 unspecified atom stereocenters. The number of carbonyl (C=O) groups is 1. The minimum atomic E-state index is -0.000166. The number of halogens is 1. The molecule has 8 nitrogen and oxygen atoms in total. The van der Waals surface area contributed by atoms with Crippen LogP contribution < -0.4 is 4.90 Å². The summed E-state index contributed by atoms with van der Waals surface area (Å²) in [6.07, 6.45) is 5.03. The summed E-state index contributed by atoms with van der Waals surface area (Å²) in [6, 6.07) is 5.70. The van der Waals surface area contributed by atoms with Crippen molar-refractivity contribution in [2.45, 2.75) is 19.8 Å². The summed E-state index contributed by atoms with van der Waals surface area (Å²) >= 11 is 3.36. The van der Waals surface area contributed by atoms with Gasteiger partial charge in [0, 0.05) is 60.7 Å². The quantitative estimate of drug-likeness (QED) is 0.594. The molecule has 0 N–H and O–H groups in total. The molecule has 1 amide bonds. The van der Waals surface area contributed by atoms with Crippen LogP contribution in [0.25, 0.3) is 11.4 Å².